The number of aryl methyl sites for hydroxylation is 2. The van der Waals surface area contributed by atoms with Gasteiger partial charge in [-0.2, -0.15) is 5.26 Å². The third-order valence-corrected chi connectivity index (χ3v) is 4.32. The molecule has 126 valence electrons. The summed E-state index contributed by atoms with van der Waals surface area (Å²) < 4.78 is 10.4. The van der Waals surface area contributed by atoms with E-state index < -0.39 is 18.0 Å². The van der Waals surface area contributed by atoms with Crippen LogP contribution >= 0.6 is 0 Å². The number of esters is 2. The molecule has 0 radical (unpaired) electrons. The van der Waals surface area contributed by atoms with Gasteiger partial charge in [-0.1, -0.05) is 30.3 Å². The molecule has 0 fully saturated rings. The van der Waals surface area contributed by atoms with Gasteiger partial charge in [-0.25, -0.2) is 4.79 Å². The molecule has 0 heterocycles. The van der Waals surface area contributed by atoms with E-state index in [0.717, 1.165) is 35.1 Å². The van der Waals surface area contributed by atoms with Gasteiger partial charge in [0.1, 0.15) is 6.42 Å². The molecule has 0 aliphatic heterocycles. The van der Waals surface area contributed by atoms with Crippen molar-refractivity contribution in [3.8, 4) is 6.07 Å². The Bertz CT molecular complexity index is 866. The van der Waals surface area contributed by atoms with Crippen molar-refractivity contribution in [1.82, 2.24) is 0 Å². The zero-order chi connectivity index (χ0) is 17.8. The van der Waals surface area contributed by atoms with E-state index in [1.165, 1.54) is 7.11 Å². The highest BCUT2D eigenvalue weighted by molar-refractivity contribution is 5.89. The van der Waals surface area contributed by atoms with Crippen LogP contribution in [0.2, 0.25) is 0 Å². The van der Waals surface area contributed by atoms with Crippen LogP contribution in [0.3, 0.4) is 0 Å². The van der Waals surface area contributed by atoms with E-state index >= 15 is 0 Å². The van der Waals surface area contributed by atoms with Crippen molar-refractivity contribution < 1.29 is 19.1 Å². The fourth-order valence-electron chi connectivity index (χ4n) is 3.14. The predicted molar refractivity (Wildman–Crippen MR) is 89.8 cm³/mol. The topological polar surface area (TPSA) is 76.4 Å². The van der Waals surface area contributed by atoms with Gasteiger partial charge in [-0.15, -0.1) is 0 Å². The van der Waals surface area contributed by atoms with Crippen LogP contribution in [-0.2, 0) is 27.1 Å². The van der Waals surface area contributed by atoms with E-state index in [1.807, 2.05) is 30.3 Å². The number of nitrogens with zero attached hydrogens (tertiary/aromatic N) is 1. The molecule has 0 aromatic heterocycles. The molecule has 0 saturated carbocycles. The third kappa shape index (κ3) is 3.38. The van der Waals surface area contributed by atoms with Crippen molar-refractivity contribution in [3.63, 3.8) is 0 Å². The Morgan fingerprint density at radius 3 is 2.60 bits per heavy atom. The van der Waals surface area contributed by atoms with E-state index in [0.29, 0.717) is 5.56 Å². The van der Waals surface area contributed by atoms with Crippen molar-refractivity contribution in [2.45, 2.75) is 25.4 Å². The molecule has 1 atom stereocenters. The van der Waals surface area contributed by atoms with E-state index in [2.05, 4.69) is 0 Å². The van der Waals surface area contributed by atoms with E-state index in [-0.39, 0.29) is 6.42 Å². The lowest BCUT2D eigenvalue weighted by Gasteiger charge is -2.20. The summed E-state index contributed by atoms with van der Waals surface area (Å²) in [6.07, 6.45) is 0.624. The number of carbonyl (C=O) groups excluding carboxylic acids is 2. The summed E-state index contributed by atoms with van der Waals surface area (Å²) in [7, 11) is 1.34. The maximum Gasteiger partial charge on any atom is 0.337 e. The Kier molecular flexibility index (Phi) is 4.80. The fraction of sp³-hybridized carbons (Fsp3) is 0.250. The molecule has 3 rings (SSSR count). The van der Waals surface area contributed by atoms with Gasteiger partial charge in [-0.3, -0.25) is 4.79 Å². The zero-order valence-corrected chi connectivity index (χ0v) is 13.8. The molecule has 0 N–H and O–H groups in total. The highest BCUT2D eigenvalue weighted by atomic mass is 16.5. The van der Waals surface area contributed by atoms with E-state index in [4.69, 9.17) is 14.7 Å². The van der Waals surface area contributed by atoms with Crippen LogP contribution in [0.1, 0.15) is 45.1 Å². The number of hydrogen-bond acceptors (Lipinski definition) is 5. The second-order valence-electron chi connectivity index (χ2n) is 5.81. The Morgan fingerprint density at radius 1 is 1.12 bits per heavy atom. The second-order valence-corrected chi connectivity index (χ2v) is 5.81. The van der Waals surface area contributed by atoms with Crippen LogP contribution in [0.25, 0.3) is 0 Å². The molecular formula is C20H17NO4. The molecule has 1 aliphatic carbocycles. The Hall–Kier alpha value is -3.13. The number of rotatable bonds is 3. The first-order valence-electron chi connectivity index (χ1n) is 7.99. The summed E-state index contributed by atoms with van der Waals surface area (Å²) in [4.78, 5) is 23.8. The highest BCUT2D eigenvalue weighted by Gasteiger charge is 2.27. The predicted octanol–water partition coefficient (Wildman–Crippen LogP) is 3.12. The fourth-order valence-corrected chi connectivity index (χ4v) is 3.14. The summed E-state index contributed by atoms with van der Waals surface area (Å²) in [5.41, 5.74) is 4.25. The molecule has 25 heavy (non-hydrogen) atoms. The maximum absolute atomic E-state index is 11.9. The molecule has 1 aliphatic rings. The first-order valence-corrected chi connectivity index (χ1v) is 7.99. The van der Waals surface area contributed by atoms with Crippen LogP contribution in [-0.4, -0.2) is 19.0 Å². The standard InChI is InChI=1S/C20H17NO4/c1-24-20(23)15-8-9-17-14(12-15)7-6-13-4-2-3-5-16(13)19(17)25-18(22)10-11-21/h2-5,8-9,12,19H,6-7,10H2,1H3. The molecule has 2 aromatic rings. The normalized spacial score (nSPS) is 15.1. The van der Waals surface area contributed by atoms with E-state index in [1.54, 1.807) is 18.2 Å². The van der Waals surface area contributed by atoms with E-state index in [9.17, 15) is 9.59 Å². The highest BCUT2D eigenvalue weighted by Crippen LogP contribution is 2.35. The molecular weight excluding hydrogens is 318 g/mol. The van der Waals surface area contributed by atoms with Crippen molar-refractivity contribution in [2.24, 2.45) is 0 Å². The molecule has 5 heteroatoms. The molecule has 0 bridgehead atoms. The summed E-state index contributed by atoms with van der Waals surface area (Å²) in [5, 5.41) is 8.73. The molecule has 2 aromatic carbocycles. The van der Waals surface area contributed by atoms with Crippen molar-refractivity contribution in [3.05, 3.63) is 70.3 Å². The van der Waals surface area contributed by atoms with Crippen LogP contribution in [0, 0.1) is 11.3 Å². The van der Waals surface area contributed by atoms with Crippen LogP contribution in [0.15, 0.2) is 42.5 Å². The number of carbonyl (C=O) groups is 2. The van der Waals surface area contributed by atoms with Gasteiger partial charge in [0.25, 0.3) is 0 Å². The summed E-state index contributed by atoms with van der Waals surface area (Å²) in [6, 6.07) is 14.9. The average Bonchev–Trinajstić information content (AvgIpc) is 2.78. The molecule has 0 amide bonds. The lowest BCUT2D eigenvalue weighted by molar-refractivity contribution is -0.146. The maximum atomic E-state index is 11.9. The quantitative estimate of drug-likeness (QED) is 0.806. The number of methoxy groups -OCH3 is 1. The van der Waals surface area contributed by atoms with Crippen LogP contribution in [0.4, 0.5) is 0 Å². The van der Waals surface area contributed by atoms with Crippen LogP contribution < -0.4 is 0 Å². The van der Waals surface area contributed by atoms with Gasteiger partial charge >= 0.3 is 11.9 Å². The molecule has 0 spiro atoms. The van der Waals surface area contributed by atoms with Crippen LogP contribution in [0.5, 0.6) is 0 Å². The molecule has 5 nitrogen and oxygen atoms in total. The zero-order valence-electron chi connectivity index (χ0n) is 13.8. The Balaban J connectivity index is 2.07. The summed E-state index contributed by atoms with van der Waals surface area (Å²) in [6.45, 7) is 0. The van der Waals surface area contributed by atoms with Crippen molar-refractivity contribution in [1.29, 1.82) is 5.26 Å². The summed E-state index contributed by atoms with van der Waals surface area (Å²) in [5.74, 6) is -0.963. The molecule has 0 saturated heterocycles. The third-order valence-electron chi connectivity index (χ3n) is 4.32. The number of ether oxygens (including phenoxy) is 2. The Labute approximate surface area is 145 Å². The first kappa shape index (κ1) is 16.7. The minimum atomic E-state index is -0.582. The van der Waals surface area contributed by atoms with Crippen molar-refractivity contribution in [2.75, 3.05) is 7.11 Å². The lowest BCUT2D eigenvalue weighted by atomic mass is 9.95. The summed E-state index contributed by atoms with van der Waals surface area (Å²) >= 11 is 0. The minimum absolute atomic E-state index is 0.297. The average molecular weight is 335 g/mol. The monoisotopic (exact) mass is 335 g/mol. The van der Waals surface area contributed by atoms with Gasteiger partial charge in [-0.05, 0) is 36.1 Å². The minimum Gasteiger partial charge on any atom is -0.465 e. The number of nitriles is 1. The van der Waals surface area contributed by atoms with Crippen molar-refractivity contribution >= 4 is 11.9 Å². The number of benzene rings is 2. The van der Waals surface area contributed by atoms with Gasteiger partial charge in [0.2, 0.25) is 0 Å². The second kappa shape index (κ2) is 7.18. The van der Waals surface area contributed by atoms with Gasteiger partial charge < -0.3 is 9.47 Å². The largest absolute Gasteiger partial charge is 0.465 e. The SMILES string of the molecule is COC(=O)c1ccc2c(c1)CCc1ccccc1C2OC(=O)CC#N. The van der Waals surface area contributed by atoms with Gasteiger partial charge in [0.15, 0.2) is 6.10 Å². The number of fused-ring (bicyclic) bond motifs is 2. The van der Waals surface area contributed by atoms with Gasteiger partial charge in [0.05, 0.1) is 18.7 Å². The number of hydrogen-bond donors (Lipinski definition) is 0. The first-order chi connectivity index (χ1) is 12.1. The smallest absolute Gasteiger partial charge is 0.337 e. The Morgan fingerprint density at radius 2 is 1.84 bits per heavy atom. The lowest BCUT2D eigenvalue weighted by Crippen LogP contribution is -2.14. The molecule has 1 unspecified atom stereocenters. The van der Waals surface area contributed by atoms with Gasteiger partial charge in [0, 0.05) is 11.1 Å².